The Bertz CT molecular complexity index is 938. The summed E-state index contributed by atoms with van der Waals surface area (Å²) in [5.41, 5.74) is 4.09. The Kier molecular flexibility index (Phi) is 5.19. The van der Waals surface area contributed by atoms with Gasteiger partial charge >= 0.3 is 0 Å². The fourth-order valence-corrected chi connectivity index (χ4v) is 3.98. The Balaban J connectivity index is 1.63. The van der Waals surface area contributed by atoms with E-state index in [4.69, 9.17) is 0 Å². The van der Waals surface area contributed by atoms with Crippen LogP contribution >= 0.6 is 0 Å². The minimum atomic E-state index is 0.253. The van der Waals surface area contributed by atoms with Crippen LogP contribution in [0.4, 0.5) is 0 Å². The van der Waals surface area contributed by atoms with Crippen molar-refractivity contribution in [2.75, 3.05) is 13.1 Å². The van der Waals surface area contributed by atoms with Gasteiger partial charge in [0.1, 0.15) is 5.65 Å². The highest BCUT2D eigenvalue weighted by molar-refractivity contribution is 5.85. The molecule has 1 saturated heterocycles. The molecular formula is C22H26N4O. The molecule has 1 amide bonds. The minimum Gasteiger partial charge on any atom is -0.343 e. The van der Waals surface area contributed by atoms with Gasteiger partial charge in [0.05, 0.1) is 5.69 Å². The number of carbonyl (C=O) groups is 1. The number of carbonyl (C=O) groups excluding carboxylic acids is 1. The summed E-state index contributed by atoms with van der Waals surface area (Å²) in [5.74, 6) is 0.253. The summed E-state index contributed by atoms with van der Waals surface area (Å²) in [6.07, 6.45) is 8.86. The number of aryl methyl sites for hydroxylation is 2. The van der Waals surface area contributed by atoms with Crippen molar-refractivity contribution in [3.63, 3.8) is 0 Å². The Morgan fingerprint density at radius 3 is 2.56 bits per heavy atom. The van der Waals surface area contributed by atoms with E-state index in [1.54, 1.807) is 0 Å². The molecule has 5 heteroatoms. The van der Waals surface area contributed by atoms with Crippen LogP contribution in [0.1, 0.15) is 37.8 Å². The van der Waals surface area contributed by atoms with Gasteiger partial charge in [0.25, 0.3) is 0 Å². The van der Waals surface area contributed by atoms with Gasteiger partial charge in [-0.2, -0.15) is 0 Å². The van der Waals surface area contributed by atoms with Crippen molar-refractivity contribution in [3.8, 4) is 11.3 Å². The smallest absolute Gasteiger partial charge is 0.224 e. The Morgan fingerprint density at radius 2 is 1.78 bits per heavy atom. The molecule has 4 rings (SSSR count). The average Bonchev–Trinajstić information content (AvgIpc) is 2.85. The third-order valence-corrected chi connectivity index (χ3v) is 5.45. The fourth-order valence-electron chi connectivity index (χ4n) is 3.98. The van der Waals surface area contributed by atoms with Gasteiger partial charge in [-0.3, -0.25) is 9.78 Å². The van der Waals surface area contributed by atoms with Crippen LogP contribution in [0.2, 0.25) is 0 Å². The molecule has 0 radical (unpaired) electrons. The molecule has 0 unspecified atom stereocenters. The molecule has 3 aromatic heterocycles. The first-order chi connectivity index (χ1) is 13.2. The van der Waals surface area contributed by atoms with Gasteiger partial charge in [-0.05, 0) is 50.1 Å². The summed E-state index contributed by atoms with van der Waals surface area (Å²) < 4.78 is 2.18. The number of hydrogen-bond donors (Lipinski definition) is 0. The van der Waals surface area contributed by atoms with E-state index in [0.29, 0.717) is 13.0 Å². The highest BCUT2D eigenvalue weighted by Crippen LogP contribution is 2.29. The second-order valence-electron chi connectivity index (χ2n) is 7.28. The molecule has 1 fully saturated rings. The summed E-state index contributed by atoms with van der Waals surface area (Å²) >= 11 is 0. The number of hydrogen-bond acceptors (Lipinski definition) is 3. The van der Waals surface area contributed by atoms with Crippen molar-refractivity contribution in [1.29, 1.82) is 0 Å². The molecule has 0 spiro atoms. The third kappa shape index (κ3) is 3.72. The normalized spacial score (nSPS) is 15.1. The molecule has 0 atom stereocenters. The first-order valence-corrected chi connectivity index (χ1v) is 9.88. The van der Waals surface area contributed by atoms with Crippen molar-refractivity contribution < 1.29 is 4.79 Å². The zero-order valence-electron chi connectivity index (χ0n) is 15.9. The van der Waals surface area contributed by atoms with Crippen molar-refractivity contribution in [1.82, 2.24) is 19.4 Å². The predicted octanol–water partition coefficient (Wildman–Crippen LogP) is 4.20. The summed E-state index contributed by atoms with van der Waals surface area (Å²) in [5, 5.41) is 1.10. The van der Waals surface area contributed by atoms with E-state index in [0.717, 1.165) is 53.9 Å². The lowest BCUT2D eigenvalue weighted by atomic mass is 10.1. The first-order valence-electron chi connectivity index (χ1n) is 9.88. The largest absolute Gasteiger partial charge is 0.343 e. The van der Waals surface area contributed by atoms with E-state index >= 15 is 0 Å². The Labute approximate surface area is 160 Å². The zero-order chi connectivity index (χ0) is 18.6. The molecule has 4 heterocycles. The SMILES string of the molecule is Cc1ncccc1-c1cc2cccnc2n1CCC(=O)N1CCCCCC1. The summed E-state index contributed by atoms with van der Waals surface area (Å²) in [6.45, 7) is 4.46. The number of rotatable bonds is 4. The molecular weight excluding hydrogens is 336 g/mol. The molecule has 3 aromatic rings. The number of nitrogens with zero attached hydrogens (tertiary/aromatic N) is 4. The van der Waals surface area contributed by atoms with E-state index in [2.05, 4.69) is 32.7 Å². The average molecular weight is 362 g/mol. The van der Waals surface area contributed by atoms with Crippen LogP contribution in [-0.4, -0.2) is 38.4 Å². The molecule has 140 valence electrons. The Hall–Kier alpha value is -2.69. The van der Waals surface area contributed by atoms with Crippen molar-refractivity contribution in [2.24, 2.45) is 0 Å². The quantitative estimate of drug-likeness (QED) is 0.699. The molecule has 0 N–H and O–H groups in total. The lowest BCUT2D eigenvalue weighted by molar-refractivity contribution is -0.131. The van der Waals surface area contributed by atoms with Gasteiger partial charge in [0.15, 0.2) is 0 Å². The van der Waals surface area contributed by atoms with Crippen molar-refractivity contribution in [3.05, 3.63) is 48.4 Å². The minimum absolute atomic E-state index is 0.253. The molecule has 0 saturated carbocycles. The number of fused-ring (bicyclic) bond motifs is 1. The van der Waals surface area contributed by atoms with Crippen LogP contribution in [0.5, 0.6) is 0 Å². The molecule has 1 aliphatic rings. The van der Waals surface area contributed by atoms with Crippen LogP contribution in [0.3, 0.4) is 0 Å². The summed E-state index contributed by atoms with van der Waals surface area (Å²) in [7, 11) is 0. The lowest BCUT2D eigenvalue weighted by Gasteiger charge is -2.21. The third-order valence-electron chi connectivity index (χ3n) is 5.45. The van der Waals surface area contributed by atoms with Crippen LogP contribution in [0.25, 0.3) is 22.3 Å². The van der Waals surface area contributed by atoms with Gasteiger partial charge < -0.3 is 9.47 Å². The monoisotopic (exact) mass is 362 g/mol. The number of pyridine rings is 2. The number of amides is 1. The van der Waals surface area contributed by atoms with Crippen LogP contribution < -0.4 is 0 Å². The Morgan fingerprint density at radius 1 is 1.04 bits per heavy atom. The number of likely N-dealkylation sites (tertiary alicyclic amines) is 1. The highest BCUT2D eigenvalue weighted by Gasteiger charge is 2.18. The number of aromatic nitrogens is 3. The lowest BCUT2D eigenvalue weighted by Crippen LogP contribution is -2.32. The van der Waals surface area contributed by atoms with Crippen LogP contribution in [0.15, 0.2) is 42.7 Å². The highest BCUT2D eigenvalue weighted by atomic mass is 16.2. The molecule has 1 aliphatic heterocycles. The molecule has 0 aromatic carbocycles. The van der Waals surface area contributed by atoms with E-state index in [1.807, 2.05) is 36.4 Å². The molecule has 5 nitrogen and oxygen atoms in total. The van der Waals surface area contributed by atoms with Crippen molar-refractivity contribution >= 4 is 16.9 Å². The van der Waals surface area contributed by atoms with E-state index in [9.17, 15) is 4.79 Å². The second kappa shape index (κ2) is 7.91. The summed E-state index contributed by atoms with van der Waals surface area (Å²) in [4.78, 5) is 23.8. The molecule has 27 heavy (non-hydrogen) atoms. The maximum Gasteiger partial charge on any atom is 0.224 e. The second-order valence-corrected chi connectivity index (χ2v) is 7.28. The van der Waals surface area contributed by atoms with Gasteiger partial charge in [-0.15, -0.1) is 0 Å². The molecule has 0 aliphatic carbocycles. The van der Waals surface area contributed by atoms with Gasteiger partial charge in [0.2, 0.25) is 5.91 Å². The van der Waals surface area contributed by atoms with Gasteiger partial charge in [0, 0.05) is 55.1 Å². The van der Waals surface area contributed by atoms with Gasteiger partial charge in [-0.25, -0.2) is 4.98 Å². The maximum atomic E-state index is 12.8. The zero-order valence-corrected chi connectivity index (χ0v) is 15.9. The van der Waals surface area contributed by atoms with Crippen LogP contribution in [-0.2, 0) is 11.3 Å². The standard InChI is InChI=1S/C22H26N4O/c1-17-19(9-7-11-23-17)20-16-18-8-6-12-24-22(18)26(20)15-10-21(27)25-13-4-2-3-5-14-25/h6-9,11-12,16H,2-5,10,13-15H2,1H3. The van der Waals surface area contributed by atoms with Crippen molar-refractivity contribution in [2.45, 2.75) is 45.6 Å². The predicted molar refractivity (Wildman–Crippen MR) is 107 cm³/mol. The van der Waals surface area contributed by atoms with E-state index in [-0.39, 0.29) is 5.91 Å². The van der Waals surface area contributed by atoms with Gasteiger partial charge in [-0.1, -0.05) is 12.8 Å². The maximum absolute atomic E-state index is 12.8. The van der Waals surface area contributed by atoms with E-state index < -0.39 is 0 Å². The summed E-state index contributed by atoms with van der Waals surface area (Å²) in [6, 6.07) is 10.2. The molecule has 0 bridgehead atoms. The van der Waals surface area contributed by atoms with Crippen LogP contribution in [0, 0.1) is 6.92 Å². The topological polar surface area (TPSA) is 51.0 Å². The fraction of sp³-hybridized carbons (Fsp3) is 0.409. The first kappa shape index (κ1) is 17.7. The van der Waals surface area contributed by atoms with E-state index in [1.165, 1.54) is 12.8 Å².